The molecule has 0 heterocycles. The van der Waals surface area contributed by atoms with Crippen LogP contribution in [-0.2, 0) is 9.59 Å². The third-order valence-corrected chi connectivity index (χ3v) is 1.42. The second-order valence-electron chi connectivity index (χ2n) is 2.59. The fourth-order valence-corrected chi connectivity index (χ4v) is 0.786. The minimum atomic E-state index is -0.206. The molecular weight excluding hydrogens is 170 g/mol. The number of hydrogen-bond acceptors (Lipinski definition) is 4. The summed E-state index contributed by atoms with van der Waals surface area (Å²) in [5.41, 5.74) is 0. The average Bonchev–Trinajstić information content (AvgIpc) is 2.12. The number of carbonyl (C=O) groups excluding carboxylic acids is 2. The zero-order chi connectivity index (χ0) is 10.1. The molecule has 0 aromatic carbocycles. The van der Waals surface area contributed by atoms with E-state index in [0.717, 1.165) is 6.21 Å². The third kappa shape index (κ3) is 7.14. The SMILES string of the molecule is CNCC(=O)NCCCC(=O)C=N. The molecule has 0 aromatic heterocycles. The van der Waals surface area contributed by atoms with Crippen molar-refractivity contribution in [1.29, 1.82) is 5.41 Å². The zero-order valence-corrected chi connectivity index (χ0v) is 7.72. The molecule has 5 heteroatoms. The molecule has 0 atom stereocenters. The van der Waals surface area contributed by atoms with E-state index in [1.165, 1.54) is 0 Å². The lowest BCUT2D eigenvalue weighted by Gasteiger charge is -2.02. The van der Waals surface area contributed by atoms with E-state index in [1.54, 1.807) is 7.05 Å². The lowest BCUT2D eigenvalue weighted by molar-refractivity contribution is -0.120. The van der Waals surface area contributed by atoms with Gasteiger partial charge in [0.25, 0.3) is 0 Å². The van der Waals surface area contributed by atoms with Crippen LogP contribution in [0.5, 0.6) is 0 Å². The van der Waals surface area contributed by atoms with E-state index in [4.69, 9.17) is 5.41 Å². The molecule has 0 fully saturated rings. The summed E-state index contributed by atoms with van der Waals surface area (Å²) in [7, 11) is 1.69. The van der Waals surface area contributed by atoms with Crippen LogP contribution in [0, 0.1) is 5.41 Å². The zero-order valence-electron chi connectivity index (χ0n) is 7.72. The standard InChI is InChI=1S/C8H15N3O2/c1-10-6-8(13)11-4-2-3-7(12)5-9/h5,9-10H,2-4,6H2,1H3,(H,11,13). The first-order valence-electron chi connectivity index (χ1n) is 4.15. The Morgan fingerprint density at radius 1 is 1.46 bits per heavy atom. The summed E-state index contributed by atoms with van der Waals surface area (Å²) in [6.45, 7) is 0.776. The van der Waals surface area contributed by atoms with Crippen LogP contribution in [0.25, 0.3) is 0 Å². The molecule has 0 aliphatic carbocycles. The Morgan fingerprint density at radius 3 is 2.69 bits per heavy atom. The van der Waals surface area contributed by atoms with Crippen molar-refractivity contribution in [2.75, 3.05) is 20.1 Å². The molecule has 0 radical (unpaired) electrons. The highest BCUT2D eigenvalue weighted by Crippen LogP contribution is 1.86. The Balaban J connectivity index is 3.30. The number of Topliss-reactive ketones (excluding diaryl/α,β-unsaturated/α-hetero) is 1. The van der Waals surface area contributed by atoms with Gasteiger partial charge in [-0.2, -0.15) is 0 Å². The Labute approximate surface area is 77.4 Å². The summed E-state index contributed by atoms with van der Waals surface area (Å²) in [5, 5.41) is 12.0. The Morgan fingerprint density at radius 2 is 2.15 bits per heavy atom. The lowest BCUT2D eigenvalue weighted by Crippen LogP contribution is -2.32. The van der Waals surface area contributed by atoms with E-state index in [9.17, 15) is 9.59 Å². The van der Waals surface area contributed by atoms with E-state index in [-0.39, 0.29) is 11.7 Å². The van der Waals surface area contributed by atoms with Crippen LogP contribution in [0.4, 0.5) is 0 Å². The van der Waals surface area contributed by atoms with E-state index < -0.39 is 0 Å². The van der Waals surface area contributed by atoms with Gasteiger partial charge in [0.2, 0.25) is 5.91 Å². The monoisotopic (exact) mass is 185 g/mol. The fraction of sp³-hybridized carbons (Fsp3) is 0.625. The minimum Gasteiger partial charge on any atom is -0.355 e. The topological polar surface area (TPSA) is 82.1 Å². The molecular formula is C8H15N3O2. The van der Waals surface area contributed by atoms with E-state index in [0.29, 0.717) is 25.9 Å². The highest BCUT2D eigenvalue weighted by molar-refractivity contribution is 6.26. The Hall–Kier alpha value is -1.23. The molecule has 0 bridgehead atoms. The van der Waals surface area contributed by atoms with Crippen molar-refractivity contribution in [2.45, 2.75) is 12.8 Å². The van der Waals surface area contributed by atoms with E-state index in [1.807, 2.05) is 0 Å². The molecule has 0 aliphatic rings. The second-order valence-corrected chi connectivity index (χ2v) is 2.59. The van der Waals surface area contributed by atoms with Gasteiger partial charge in [-0.05, 0) is 13.5 Å². The van der Waals surface area contributed by atoms with Gasteiger partial charge in [-0.3, -0.25) is 9.59 Å². The van der Waals surface area contributed by atoms with Gasteiger partial charge in [0, 0.05) is 13.0 Å². The van der Waals surface area contributed by atoms with Crippen LogP contribution in [0.3, 0.4) is 0 Å². The average molecular weight is 185 g/mol. The van der Waals surface area contributed by atoms with Gasteiger partial charge < -0.3 is 16.0 Å². The van der Waals surface area contributed by atoms with Crippen molar-refractivity contribution in [3.05, 3.63) is 0 Å². The molecule has 1 amide bonds. The number of likely N-dealkylation sites (N-methyl/N-ethyl adjacent to an activating group) is 1. The number of carbonyl (C=O) groups is 2. The first-order chi connectivity index (χ1) is 6.20. The van der Waals surface area contributed by atoms with Crippen LogP contribution < -0.4 is 10.6 Å². The summed E-state index contributed by atoms with van der Waals surface area (Å²) in [6, 6.07) is 0. The molecule has 0 aromatic rings. The second kappa shape index (κ2) is 7.42. The van der Waals surface area contributed by atoms with Gasteiger partial charge in [-0.15, -0.1) is 0 Å². The number of amides is 1. The highest BCUT2D eigenvalue weighted by Gasteiger charge is 1.99. The molecule has 5 nitrogen and oxygen atoms in total. The summed E-state index contributed by atoms with van der Waals surface area (Å²) in [6.07, 6.45) is 1.71. The molecule has 0 unspecified atom stereocenters. The summed E-state index contributed by atoms with van der Waals surface area (Å²) in [4.78, 5) is 21.5. The van der Waals surface area contributed by atoms with Crippen molar-refractivity contribution < 1.29 is 9.59 Å². The summed E-state index contributed by atoms with van der Waals surface area (Å²) < 4.78 is 0. The van der Waals surface area contributed by atoms with Crippen LogP contribution in [0.2, 0.25) is 0 Å². The first kappa shape index (κ1) is 11.8. The minimum absolute atomic E-state index is 0.0789. The van der Waals surface area contributed by atoms with Gasteiger partial charge in [0.1, 0.15) is 0 Å². The lowest BCUT2D eigenvalue weighted by atomic mass is 10.2. The maximum absolute atomic E-state index is 10.9. The molecule has 0 spiro atoms. The Kier molecular flexibility index (Phi) is 6.72. The third-order valence-electron chi connectivity index (χ3n) is 1.42. The van der Waals surface area contributed by atoms with Crippen LogP contribution in [0.1, 0.15) is 12.8 Å². The number of rotatable bonds is 7. The van der Waals surface area contributed by atoms with Gasteiger partial charge in [0.15, 0.2) is 5.78 Å². The number of hydrogen-bond donors (Lipinski definition) is 3. The fourth-order valence-electron chi connectivity index (χ4n) is 0.786. The maximum atomic E-state index is 10.9. The van der Waals surface area contributed by atoms with Crippen LogP contribution in [0.15, 0.2) is 0 Å². The summed E-state index contributed by atoms with van der Waals surface area (Å²) >= 11 is 0. The van der Waals surface area contributed by atoms with Crippen LogP contribution >= 0.6 is 0 Å². The highest BCUT2D eigenvalue weighted by atomic mass is 16.2. The van der Waals surface area contributed by atoms with Crippen molar-refractivity contribution in [3.8, 4) is 0 Å². The predicted octanol–water partition coefficient (Wildman–Crippen LogP) is -0.679. The number of ketones is 1. The van der Waals surface area contributed by atoms with Gasteiger partial charge in [-0.25, -0.2) is 0 Å². The van der Waals surface area contributed by atoms with Crippen LogP contribution in [-0.4, -0.2) is 38.0 Å². The van der Waals surface area contributed by atoms with Gasteiger partial charge in [0.05, 0.1) is 12.8 Å². The quantitative estimate of drug-likeness (QED) is 0.363. The predicted molar refractivity (Wildman–Crippen MR) is 50.0 cm³/mol. The van der Waals surface area contributed by atoms with Crippen molar-refractivity contribution in [1.82, 2.24) is 10.6 Å². The smallest absolute Gasteiger partial charge is 0.233 e. The molecule has 0 rings (SSSR count). The molecule has 3 N–H and O–H groups in total. The van der Waals surface area contributed by atoms with E-state index >= 15 is 0 Å². The largest absolute Gasteiger partial charge is 0.355 e. The molecule has 0 saturated heterocycles. The Bertz CT molecular complexity index is 192. The normalized spacial score (nSPS) is 9.31. The van der Waals surface area contributed by atoms with Gasteiger partial charge in [-0.1, -0.05) is 0 Å². The number of nitrogens with one attached hydrogen (secondary N) is 3. The van der Waals surface area contributed by atoms with Crippen molar-refractivity contribution in [2.24, 2.45) is 0 Å². The maximum Gasteiger partial charge on any atom is 0.233 e. The summed E-state index contributed by atoms with van der Waals surface area (Å²) in [5.74, 6) is -0.285. The first-order valence-corrected chi connectivity index (χ1v) is 4.15. The molecule has 13 heavy (non-hydrogen) atoms. The van der Waals surface area contributed by atoms with E-state index in [2.05, 4.69) is 10.6 Å². The van der Waals surface area contributed by atoms with Crippen molar-refractivity contribution >= 4 is 17.9 Å². The molecule has 74 valence electrons. The van der Waals surface area contributed by atoms with Crippen molar-refractivity contribution in [3.63, 3.8) is 0 Å². The van der Waals surface area contributed by atoms with Gasteiger partial charge >= 0.3 is 0 Å². The molecule has 0 saturated carbocycles. The molecule has 0 aliphatic heterocycles.